The molecule has 2 atom stereocenters. The summed E-state index contributed by atoms with van der Waals surface area (Å²) in [5, 5.41) is 10.5. The maximum atomic E-state index is 11.8. The van der Waals surface area contributed by atoms with Crippen molar-refractivity contribution in [1.29, 1.82) is 0 Å². The zero-order valence-electron chi connectivity index (χ0n) is 10.8. The molecule has 0 radical (unpaired) electrons. The van der Waals surface area contributed by atoms with Crippen molar-refractivity contribution in [2.75, 3.05) is 0 Å². The van der Waals surface area contributed by atoms with Gasteiger partial charge in [-0.25, -0.2) is 4.79 Å². The lowest BCUT2D eigenvalue weighted by Crippen LogP contribution is -2.21. The zero-order chi connectivity index (χ0) is 13.7. The molecule has 0 saturated carbocycles. The summed E-state index contributed by atoms with van der Waals surface area (Å²) in [4.78, 5) is 21.7. The van der Waals surface area contributed by atoms with Crippen molar-refractivity contribution in [2.24, 2.45) is 5.92 Å². The van der Waals surface area contributed by atoms with Crippen LogP contribution >= 0.6 is 0 Å². The average molecular weight is 251 g/mol. The molecule has 0 bridgehead atoms. The Kier molecular flexibility index (Phi) is 4.83. The van der Waals surface area contributed by atoms with Gasteiger partial charge < -0.3 is 4.74 Å². The lowest BCUT2D eigenvalue weighted by atomic mass is 10.0. The van der Waals surface area contributed by atoms with Gasteiger partial charge in [0.25, 0.3) is 5.69 Å². The van der Waals surface area contributed by atoms with Crippen LogP contribution in [-0.2, 0) is 4.74 Å². The predicted molar refractivity (Wildman–Crippen MR) is 67.4 cm³/mol. The highest BCUT2D eigenvalue weighted by Crippen LogP contribution is 2.16. The van der Waals surface area contributed by atoms with E-state index in [0.717, 1.165) is 6.42 Å². The van der Waals surface area contributed by atoms with Crippen molar-refractivity contribution in [3.63, 3.8) is 0 Å². The molecule has 0 aliphatic heterocycles. The summed E-state index contributed by atoms with van der Waals surface area (Å²) >= 11 is 0. The van der Waals surface area contributed by atoms with E-state index in [-0.39, 0.29) is 17.7 Å². The molecule has 18 heavy (non-hydrogen) atoms. The third kappa shape index (κ3) is 3.55. The summed E-state index contributed by atoms with van der Waals surface area (Å²) in [7, 11) is 0. The first kappa shape index (κ1) is 14.2. The van der Waals surface area contributed by atoms with Gasteiger partial charge in [-0.15, -0.1) is 0 Å². The molecule has 1 aromatic rings. The number of benzene rings is 1. The van der Waals surface area contributed by atoms with Crippen LogP contribution in [0.1, 0.15) is 37.6 Å². The maximum Gasteiger partial charge on any atom is 0.338 e. The zero-order valence-corrected chi connectivity index (χ0v) is 10.8. The second kappa shape index (κ2) is 6.14. The Morgan fingerprint density at radius 1 is 1.33 bits per heavy atom. The Bertz CT molecular complexity index is 427. The Morgan fingerprint density at radius 3 is 2.33 bits per heavy atom. The molecule has 1 unspecified atom stereocenters. The molecule has 1 aromatic carbocycles. The van der Waals surface area contributed by atoms with Crippen molar-refractivity contribution in [2.45, 2.75) is 33.3 Å². The van der Waals surface area contributed by atoms with Gasteiger partial charge >= 0.3 is 5.97 Å². The Labute approximate surface area is 106 Å². The maximum absolute atomic E-state index is 11.8. The third-order valence-electron chi connectivity index (χ3n) is 3.05. The van der Waals surface area contributed by atoms with E-state index in [1.54, 1.807) is 0 Å². The number of ether oxygens (including phenoxy) is 1. The predicted octanol–water partition coefficient (Wildman–Crippen LogP) is 3.19. The van der Waals surface area contributed by atoms with E-state index in [0.29, 0.717) is 5.56 Å². The van der Waals surface area contributed by atoms with Crippen LogP contribution < -0.4 is 0 Å². The number of nitro benzene ring substituents is 1. The summed E-state index contributed by atoms with van der Waals surface area (Å²) in [6.45, 7) is 5.88. The van der Waals surface area contributed by atoms with E-state index in [4.69, 9.17) is 4.74 Å². The minimum atomic E-state index is -0.503. The lowest BCUT2D eigenvalue weighted by molar-refractivity contribution is -0.384. The first-order valence-electron chi connectivity index (χ1n) is 5.91. The summed E-state index contributed by atoms with van der Waals surface area (Å²) in [5.41, 5.74) is 0.289. The van der Waals surface area contributed by atoms with E-state index in [2.05, 4.69) is 0 Å². The summed E-state index contributed by atoms with van der Waals surface area (Å²) in [5.74, 6) is -0.162. The van der Waals surface area contributed by atoms with Gasteiger partial charge in [-0.3, -0.25) is 10.1 Å². The smallest absolute Gasteiger partial charge is 0.338 e. The number of carbonyl (C=O) groups excluding carboxylic acids is 1. The van der Waals surface area contributed by atoms with Gasteiger partial charge in [0.05, 0.1) is 10.5 Å². The highest BCUT2D eigenvalue weighted by Gasteiger charge is 2.17. The monoisotopic (exact) mass is 251 g/mol. The minimum Gasteiger partial charge on any atom is -0.459 e. The molecule has 5 heteroatoms. The van der Waals surface area contributed by atoms with Crippen molar-refractivity contribution in [3.8, 4) is 0 Å². The molecule has 0 amide bonds. The van der Waals surface area contributed by atoms with Crippen LogP contribution in [0.25, 0.3) is 0 Å². The number of carbonyl (C=O) groups is 1. The summed E-state index contributed by atoms with van der Waals surface area (Å²) in [6.07, 6.45) is 0.757. The summed E-state index contributed by atoms with van der Waals surface area (Å²) in [6, 6.07) is 5.41. The molecular formula is C13H17NO4. The molecule has 0 N–H and O–H groups in total. The van der Waals surface area contributed by atoms with Crippen LogP contribution in [0.3, 0.4) is 0 Å². The highest BCUT2D eigenvalue weighted by atomic mass is 16.6. The number of nitro groups is 1. The van der Waals surface area contributed by atoms with Crippen molar-refractivity contribution in [1.82, 2.24) is 0 Å². The van der Waals surface area contributed by atoms with Gasteiger partial charge in [-0.2, -0.15) is 0 Å². The Hall–Kier alpha value is -1.91. The molecule has 98 valence electrons. The minimum absolute atomic E-state index is 0.0403. The Morgan fingerprint density at radius 2 is 1.89 bits per heavy atom. The molecule has 5 nitrogen and oxygen atoms in total. The normalized spacial score (nSPS) is 13.7. The second-order valence-corrected chi connectivity index (χ2v) is 4.30. The molecule has 0 saturated heterocycles. The van der Waals surface area contributed by atoms with Gasteiger partial charge in [0.1, 0.15) is 6.10 Å². The van der Waals surface area contributed by atoms with E-state index in [9.17, 15) is 14.9 Å². The standard InChI is InChI=1S/C13H17NO4/c1-4-9(2)10(3)18-13(15)11-5-7-12(8-6-11)14(16)17/h5-10H,4H2,1-3H3/t9-,10?/m0/s1. The molecule has 0 spiro atoms. The van der Waals surface area contributed by atoms with E-state index in [1.807, 2.05) is 20.8 Å². The fraction of sp³-hybridized carbons (Fsp3) is 0.462. The van der Waals surface area contributed by atoms with Crippen LogP contribution in [-0.4, -0.2) is 17.0 Å². The SMILES string of the molecule is CC[C@H](C)C(C)OC(=O)c1ccc([N+](=O)[O-])cc1. The number of rotatable bonds is 5. The first-order chi connectivity index (χ1) is 8.45. The fourth-order valence-electron chi connectivity index (χ4n) is 1.40. The first-order valence-corrected chi connectivity index (χ1v) is 5.91. The van der Waals surface area contributed by atoms with Crippen LogP contribution in [0.2, 0.25) is 0 Å². The van der Waals surface area contributed by atoms with Crippen LogP contribution in [0, 0.1) is 16.0 Å². The number of nitrogens with zero attached hydrogens (tertiary/aromatic N) is 1. The largest absolute Gasteiger partial charge is 0.459 e. The van der Waals surface area contributed by atoms with Gasteiger partial charge in [0.15, 0.2) is 0 Å². The molecule has 0 aliphatic carbocycles. The van der Waals surface area contributed by atoms with E-state index >= 15 is 0 Å². The van der Waals surface area contributed by atoms with Crippen LogP contribution in [0.15, 0.2) is 24.3 Å². The molecule has 0 aromatic heterocycles. The lowest BCUT2D eigenvalue weighted by Gasteiger charge is -2.18. The second-order valence-electron chi connectivity index (χ2n) is 4.30. The summed E-state index contributed by atoms with van der Waals surface area (Å²) < 4.78 is 5.28. The molecule has 0 fully saturated rings. The Balaban J connectivity index is 2.70. The quantitative estimate of drug-likeness (QED) is 0.458. The number of esters is 1. The number of non-ortho nitro benzene ring substituents is 1. The van der Waals surface area contributed by atoms with E-state index < -0.39 is 10.9 Å². The number of hydrogen-bond acceptors (Lipinski definition) is 4. The van der Waals surface area contributed by atoms with Gasteiger partial charge in [-0.1, -0.05) is 20.3 Å². The van der Waals surface area contributed by atoms with Gasteiger partial charge in [-0.05, 0) is 25.0 Å². The van der Waals surface area contributed by atoms with Crippen molar-refractivity contribution < 1.29 is 14.5 Å². The fourth-order valence-corrected chi connectivity index (χ4v) is 1.40. The van der Waals surface area contributed by atoms with Gasteiger partial charge in [0.2, 0.25) is 0 Å². The molecule has 1 rings (SSSR count). The van der Waals surface area contributed by atoms with Crippen LogP contribution in [0.4, 0.5) is 5.69 Å². The molecule has 0 aliphatic rings. The molecule has 0 heterocycles. The third-order valence-corrected chi connectivity index (χ3v) is 3.05. The van der Waals surface area contributed by atoms with E-state index in [1.165, 1.54) is 24.3 Å². The van der Waals surface area contributed by atoms with Gasteiger partial charge in [0, 0.05) is 12.1 Å². The van der Waals surface area contributed by atoms with Crippen LogP contribution in [0.5, 0.6) is 0 Å². The molecular weight excluding hydrogens is 234 g/mol. The van der Waals surface area contributed by atoms with Crippen molar-refractivity contribution in [3.05, 3.63) is 39.9 Å². The highest BCUT2D eigenvalue weighted by molar-refractivity contribution is 5.89. The average Bonchev–Trinajstić information content (AvgIpc) is 2.37. The van der Waals surface area contributed by atoms with Crippen molar-refractivity contribution >= 4 is 11.7 Å². The topological polar surface area (TPSA) is 69.4 Å². The number of hydrogen-bond donors (Lipinski definition) is 0.